The zero-order chi connectivity index (χ0) is 17.9. The van der Waals surface area contributed by atoms with Gasteiger partial charge in [0.2, 0.25) is 0 Å². The second kappa shape index (κ2) is 7.85. The van der Waals surface area contributed by atoms with Gasteiger partial charge in [-0.3, -0.25) is 0 Å². The fourth-order valence-electron chi connectivity index (χ4n) is 4.10. The van der Waals surface area contributed by atoms with Crippen molar-refractivity contribution in [1.29, 1.82) is 0 Å². The summed E-state index contributed by atoms with van der Waals surface area (Å²) in [5.41, 5.74) is 2.29. The summed E-state index contributed by atoms with van der Waals surface area (Å²) in [4.78, 5) is 0. The number of ether oxygens (including phenoxy) is 3. The van der Waals surface area contributed by atoms with Crippen molar-refractivity contribution in [3.05, 3.63) is 59.1 Å². The molecule has 3 aliphatic rings. The monoisotopic (exact) mass is 356 g/mol. The second-order valence-corrected chi connectivity index (χ2v) is 7.48. The predicted octanol–water partition coefficient (Wildman–Crippen LogP) is 4.70. The predicted molar refractivity (Wildman–Crippen MR) is 99.7 cm³/mol. The van der Waals surface area contributed by atoms with Crippen molar-refractivity contribution in [2.24, 2.45) is 11.8 Å². The lowest BCUT2D eigenvalue weighted by atomic mass is 9.85. The van der Waals surface area contributed by atoms with E-state index in [1.807, 2.05) is 12.1 Å². The Bertz CT molecular complexity index is 669. The first-order chi connectivity index (χ1) is 12.8. The lowest BCUT2D eigenvalue weighted by Crippen LogP contribution is -2.22. The maximum absolute atomic E-state index is 10.8. The van der Waals surface area contributed by atoms with Crippen LogP contribution in [-0.2, 0) is 14.2 Å². The zero-order valence-corrected chi connectivity index (χ0v) is 15.4. The van der Waals surface area contributed by atoms with Gasteiger partial charge in [0.1, 0.15) is 18.1 Å². The second-order valence-electron chi connectivity index (χ2n) is 7.48. The standard InChI is InChI=1S/C22H28O4/c1-2-15(12-21-24-10-11-25-21)20-13-19(23)18(14-26-20)22(17-8-9-17)16-6-4-3-5-7-16/h3-7,13,15,17,21-23H,2,8-12,14H2,1H3. The molecular weight excluding hydrogens is 328 g/mol. The molecule has 1 aliphatic carbocycles. The highest BCUT2D eigenvalue weighted by Gasteiger charge is 2.37. The Morgan fingerprint density at radius 1 is 1.12 bits per heavy atom. The summed E-state index contributed by atoms with van der Waals surface area (Å²) < 4.78 is 17.3. The van der Waals surface area contributed by atoms with Crippen LogP contribution >= 0.6 is 0 Å². The minimum absolute atomic E-state index is 0.152. The van der Waals surface area contributed by atoms with Gasteiger partial charge in [0.25, 0.3) is 0 Å². The van der Waals surface area contributed by atoms with Gasteiger partial charge in [-0.1, -0.05) is 37.3 Å². The van der Waals surface area contributed by atoms with Gasteiger partial charge in [0, 0.05) is 29.9 Å². The third-order valence-electron chi connectivity index (χ3n) is 5.69. The minimum atomic E-state index is -0.152. The molecule has 2 unspecified atom stereocenters. The topological polar surface area (TPSA) is 47.9 Å². The summed E-state index contributed by atoms with van der Waals surface area (Å²) >= 11 is 0. The Kier molecular flexibility index (Phi) is 5.32. The normalized spacial score (nSPS) is 23.5. The van der Waals surface area contributed by atoms with Crippen molar-refractivity contribution in [3.63, 3.8) is 0 Å². The molecule has 2 aliphatic heterocycles. The average Bonchev–Trinajstić information content (AvgIpc) is 3.37. The highest BCUT2D eigenvalue weighted by atomic mass is 16.7. The first-order valence-corrected chi connectivity index (χ1v) is 9.80. The number of rotatable bonds is 7. The van der Waals surface area contributed by atoms with Crippen LogP contribution in [-0.4, -0.2) is 31.2 Å². The summed E-state index contributed by atoms with van der Waals surface area (Å²) in [6, 6.07) is 10.5. The van der Waals surface area contributed by atoms with Crippen molar-refractivity contribution in [1.82, 2.24) is 0 Å². The summed E-state index contributed by atoms with van der Waals surface area (Å²) in [6.45, 7) is 3.93. The zero-order valence-electron chi connectivity index (χ0n) is 15.4. The molecule has 1 N–H and O–H groups in total. The van der Waals surface area contributed by atoms with E-state index in [2.05, 4.69) is 31.2 Å². The molecular formula is C22H28O4. The minimum Gasteiger partial charge on any atom is -0.508 e. The van der Waals surface area contributed by atoms with Crippen molar-refractivity contribution in [3.8, 4) is 0 Å². The Morgan fingerprint density at radius 3 is 2.46 bits per heavy atom. The molecule has 1 saturated carbocycles. The molecule has 0 amide bonds. The van der Waals surface area contributed by atoms with Crippen LogP contribution in [0, 0.1) is 11.8 Å². The van der Waals surface area contributed by atoms with E-state index < -0.39 is 0 Å². The molecule has 4 heteroatoms. The maximum Gasteiger partial charge on any atom is 0.158 e. The van der Waals surface area contributed by atoms with Gasteiger partial charge in [-0.25, -0.2) is 0 Å². The molecule has 4 nitrogen and oxygen atoms in total. The number of benzene rings is 1. The first kappa shape index (κ1) is 17.6. The molecule has 1 aromatic rings. The molecule has 2 atom stereocenters. The van der Waals surface area contributed by atoms with E-state index in [9.17, 15) is 5.11 Å². The van der Waals surface area contributed by atoms with E-state index in [1.54, 1.807) is 0 Å². The Labute approximate surface area is 155 Å². The molecule has 0 radical (unpaired) electrons. The molecule has 26 heavy (non-hydrogen) atoms. The summed E-state index contributed by atoms with van der Waals surface area (Å²) in [5.74, 6) is 2.33. The number of hydrogen-bond donors (Lipinski definition) is 1. The van der Waals surface area contributed by atoms with E-state index in [0.717, 1.165) is 24.2 Å². The molecule has 0 aromatic heterocycles. The number of allylic oxidation sites excluding steroid dienone is 2. The molecule has 0 bridgehead atoms. The lowest BCUT2D eigenvalue weighted by Gasteiger charge is -2.29. The smallest absolute Gasteiger partial charge is 0.158 e. The van der Waals surface area contributed by atoms with E-state index >= 15 is 0 Å². The van der Waals surface area contributed by atoms with E-state index in [4.69, 9.17) is 14.2 Å². The SMILES string of the molecule is CCC(CC1OCCO1)C1=CC(O)=C(C(c2ccccc2)C2CC2)CO1. The molecule has 2 fully saturated rings. The Morgan fingerprint density at radius 2 is 1.85 bits per heavy atom. The van der Waals surface area contributed by atoms with Crippen molar-refractivity contribution in [2.45, 2.75) is 44.8 Å². The van der Waals surface area contributed by atoms with Crippen molar-refractivity contribution >= 4 is 0 Å². The summed E-state index contributed by atoms with van der Waals surface area (Å²) in [7, 11) is 0. The van der Waals surface area contributed by atoms with E-state index in [1.165, 1.54) is 18.4 Å². The first-order valence-electron chi connectivity index (χ1n) is 9.80. The van der Waals surface area contributed by atoms with Crippen LogP contribution in [0.15, 0.2) is 53.5 Å². The van der Waals surface area contributed by atoms with Gasteiger partial charge >= 0.3 is 0 Å². The highest BCUT2D eigenvalue weighted by molar-refractivity contribution is 5.38. The lowest BCUT2D eigenvalue weighted by molar-refractivity contribution is -0.0584. The molecule has 1 aromatic carbocycles. The van der Waals surface area contributed by atoms with Crippen LogP contribution in [0.2, 0.25) is 0 Å². The molecule has 4 rings (SSSR count). The van der Waals surface area contributed by atoms with Crippen LogP contribution in [0.5, 0.6) is 0 Å². The van der Waals surface area contributed by atoms with Gasteiger partial charge < -0.3 is 19.3 Å². The Balaban J connectivity index is 1.55. The largest absolute Gasteiger partial charge is 0.508 e. The van der Waals surface area contributed by atoms with Crippen molar-refractivity contribution < 1.29 is 19.3 Å². The average molecular weight is 356 g/mol. The van der Waals surface area contributed by atoms with Gasteiger partial charge in [0.05, 0.1) is 13.2 Å². The number of aliphatic hydroxyl groups excluding tert-OH is 1. The molecule has 140 valence electrons. The number of aliphatic hydroxyl groups is 1. The third kappa shape index (κ3) is 3.81. The van der Waals surface area contributed by atoms with Crippen LogP contribution < -0.4 is 0 Å². The third-order valence-corrected chi connectivity index (χ3v) is 5.69. The maximum atomic E-state index is 10.8. The van der Waals surface area contributed by atoms with E-state index in [0.29, 0.717) is 31.5 Å². The Hall–Kier alpha value is -1.78. The van der Waals surface area contributed by atoms with Crippen LogP contribution in [0.3, 0.4) is 0 Å². The molecule has 0 spiro atoms. The highest BCUT2D eigenvalue weighted by Crippen LogP contribution is 2.48. The summed E-state index contributed by atoms with van der Waals surface area (Å²) in [5, 5.41) is 10.8. The van der Waals surface area contributed by atoms with Gasteiger partial charge in [-0.2, -0.15) is 0 Å². The van der Waals surface area contributed by atoms with Crippen LogP contribution in [0.25, 0.3) is 0 Å². The quantitative estimate of drug-likeness (QED) is 0.769. The van der Waals surface area contributed by atoms with Gasteiger partial charge in [-0.15, -0.1) is 0 Å². The number of hydrogen-bond acceptors (Lipinski definition) is 4. The molecule has 2 heterocycles. The fraction of sp³-hybridized carbons (Fsp3) is 0.545. The molecule has 1 saturated heterocycles. The van der Waals surface area contributed by atoms with Crippen molar-refractivity contribution in [2.75, 3.05) is 19.8 Å². The van der Waals surface area contributed by atoms with E-state index in [-0.39, 0.29) is 18.1 Å². The van der Waals surface area contributed by atoms with Crippen LogP contribution in [0.4, 0.5) is 0 Å². The fourth-order valence-corrected chi connectivity index (χ4v) is 4.10. The summed E-state index contributed by atoms with van der Waals surface area (Å²) in [6.07, 6.45) is 5.83. The van der Waals surface area contributed by atoms with Crippen LogP contribution in [0.1, 0.15) is 44.1 Å². The van der Waals surface area contributed by atoms with Gasteiger partial charge in [-0.05, 0) is 30.7 Å². The van der Waals surface area contributed by atoms with Gasteiger partial charge in [0.15, 0.2) is 6.29 Å².